The summed E-state index contributed by atoms with van der Waals surface area (Å²) in [6.07, 6.45) is 0.0395. The number of aromatic nitrogens is 4. The van der Waals surface area contributed by atoms with E-state index in [0.717, 1.165) is 6.04 Å². The second-order valence-electron chi connectivity index (χ2n) is 6.99. The Morgan fingerprint density at radius 1 is 1.48 bits per heavy atom. The first-order valence-electron chi connectivity index (χ1n) is 8.46. The molecule has 3 aromatic rings. The molecule has 0 aromatic carbocycles. The Kier molecular flexibility index (Phi) is 5.24. The van der Waals surface area contributed by atoms with E-state index >= 15 is 0 Å². The van der Waals surface area contributed by atoms with E-state index in [2.05, 4.69) is 19.6 Å². The Morgan fingerprint density at radius 2 is 2.24 bits per heavy atom. The minimum atomic E-state index is -3.84. The van der Waals surface area contributed by atoms with Crippen molar-refractivity contribution in [2.24, 2.45) is 0 Å². The van der Waals surface area contributed by atoms with Crippen molar-refractivity contribution < 1.29 is 21.9 Å². The van der Waals surface area contributed by atoms with Crippen molar-refractivity contribution in [3.05, 3.63) is 28.5 Å². The van der Waals surface area contributed by atoms with Gasteiger partial charge in [0.05, 0.1) is 21.6 Å². The molecule has 0 aliphatic carbocycles. The normalized spacial score (nSPS) is 21.9. The predicted octanol–water partition coefficient (Wildman–Crippen LogP) is 3.33. The average Bonchev–Trinajstić information content (AvgIpc) is 3.05. The number of alkyl halides is 2. The van der Waals surface area contributed by atoms with Gasteiger partial charge in [-0.25, -0.2) is 26.6 Å². The molecular formula is C15H16ClF2N5O3S2Si. The lowest BCUT2D eigenvalue weighted by molar-refractivity contribution is 0.150. The average molecular weight is 480 g/mol. The number of pyridine rings is 1. The van der Waals surface area contributed by atoms with Crippen molar-refractivity contribution in [3.8, 4) is 10.8 Å². The Bertz CT molecular complexity index is 1190. The van der Waals surface area contributed by atoms with E-state index in [-0.39, 0.29) is 26.3 Å². The summed E-state index contributed by atoms with van der Waals surface area (Å²) < 4.78 is 61.0. The Labute approximate surface area is 175 Å². The number of fused-ring (bicyclic) bond motifs is 1. The molecule has 0 amide bonds. The van der Waals surface area contributed by atoms with Crippen molar-refractivity contribution in [2.75, 3.05) is 13.7 Å². The van der Waals surface area contributed by atoms with E-state index in [9.17, 15) is 17.2 Å². The zero-order valence-corrected chi connectivity index (χ0v) is 18.7. The van der Waals surface area contributed by atoms with Crippen LogP contribution in [0.4, 0.5) is 8.78 Å². The van der Waals surface area contributed by atoms with Gasteiger partial charge in [-0.3, -0.25) is 4.40 Å². The highest BCUT2D eigenvalue weighted by Gasteiger charge is 2.55. The van der Waals surface area contributed by atoms with Gasteiger partial charge in [-0.1, -0.05) is 29.5 Å². The summed E-state index contributed by atoms with van der Waals surface area (Å²) in [6, 6.07) is 2.15. The number of sulfonamides is 1. The first kappa shape index (κ1) is 20.7. The van der Waals surface area contributed by atoms with Crippen LogP contribution in [0.1, 0.15) is 11.4 Å². The zero-order valence-electron chi connectivity index (χ0n) is 15.3. The lowest BCUT2D eigenvalue weighted by Gasteiger charge is -2.14. The van der Waals surface area contributed by atoms with Gasteiger partial charge in [-0.15, -0.1) is 10.2 Å². The van der Waals surface area contributed by atoms with Gasteiger partial charge in [0.1, 0.15) is 8.24 Å². The molecule has 29 heavy (non-hydrogen) atoms. The first-order valence-corrected chi connectivity index (χ1v) is 13.9. The molecule has 4 rings (SSSR count). The van der Waals surface area contributed by atoms with Crippen LogP contribution in [0.3, 0.4) is 0 Å². The van der Waals surface area contributed by atoms with Crippen LogP contribution in [0.15, 0.2) is 23.4 Å². The maximum atomic E-state index is 13.0. The number of hydrogen-bond donors (Lipinski definition) is 1. The fraction of sp³-hybridized carbons (Fsp3) is 0.400. The van der Waals surface area contributed by atoms with Gasteiger partial charge >= 0.3 is 0 Å². The third-order valence-electron chi connectivity index (χ3n) is 4.84. The minimum Gasteiger partial charge on any atom is -0.385 e. The SMILES string of the molecule is COC[C@@H]1C[Si@]1(C)NS(=O)(=O)c1cc(Cl)c2cnc(-c3nnc(C(F)F)s3)n2c1. The summed E-state index contributed by atoms with van der Waals surface area (Å²) in [5.41, 5.74) is 0.654. The molecule has 0 bridgehead atoms. The van der Waals surface area contributed by atoms with E-state index in [0.29, 0.717) is 23.5 Å². The summed E-state index contributed by atoms with van der Waals surface area (Å²) in [5, 5.41) is 7.06. The lowest BCUT2D eigenvalue weighted by Crippen LogP contribution is -2.40. The van der Waals surface area contributed by atoms with Crippen LogP contribution in [0, 0.1) is 0 Å². The van der Waals surface area contributed by atoms with Crippen LogP contribution in [0.25, 0.3) is 16.3 Å². The number of imidazole rings is 1. The van der Waals surface area contributed by atoms with Gasteiger partial charge in [-0.2, -0.15) is 0 Å². The highest BCUT2D eigenvalue weighted by Crippen LogP contribution is 2.47. The second-order valence-corrected chi connectivity index (χ2v) is 14.8. The van der Waals surface area contributed by atoms with E-state index in [1.807, 2.05) is 6.55 Å². The maximum Gasteiger partial charge on any atom is 0.291 e. The molecule has 4 heterocycles. The van der Waals surface area contributed by atoms with Crippen LogP contribution in [-0.2, 0) is 14.8 Å². The topological polar surface area (TPSA) is 98.5 Å². The third-order valence-corrected chi connectivity index (χ3v) is 12.8. The smallest absolute Gasteiger partial charge is 0.291 e. The van der Waals surface area contributed by atoms with Gasteiger partial charge in [0.15, 0.2) is 15.8 Å². The number of hydrogen-bond acceptors (Lipinski definition) is 7. The Morgan fingerprint density at radius 3 is 2.90 bits per heavy atom. The van der Waals surface area contributed by atoms with Crippen LogP contribution < -0.4 is 4.39 Å². The monoisotopic (exact) mass is 479 g/mol. The van der Waals surface area contributed by atoms with Crippen LogP contribution in [-0.4, -0.2) is 50.0 Å². The third kappa shape index (κ3) is 3.82. The zero-order chi connectivity index (χ0) is 21.0. The molecular weight excluding hydrogens is 464 g/mol. The van der Waals surface area contributed by atoms with Crippen molar-refractivity contribution in [1.82, 2.24) is 24.0 Å². The van der Waals surface area contributed by atoms with E-state index in [1.165, 1.54) is 22.9 Å². The number of nitrogens with zero attached hydrogens (tertiary/aromatic N) is 4. The summed E-state index contributed by atoms with van der Waals surface area (Å²) in [6.45, 7) is 2.46. The van der Waals surface area contributed by atoms with Crippen molar-refractivity contribution in [1.29, 1.82) is 0 Å². The summed E-state index contributed by atoms with van der Waals surface area (Å²) in [4.78, 5) is 4.13. The van der Waals surface area contributed by atoms with Gasteiger partial charge in [-0.05, 0) is 17.7 Å². The van der Waals surface area contributed by atoms with Crippen molar-refractivity contribution in [2.45, 2.75) is 29.5 Å². The molecule has 8 nitrogen and oxygen atoms in total. The molecule has 1 fully saturated rings. The minimum absolute atomic E-state index is 0.0374. The molecule has 14 heteroatoms. The van der Waals surface area contributed by atoms with Gasteiger partial charge in [0, 0.05) is 19.9 Å². The number of rotatable bonds is 7. The predicted molar refractivity (Wildman–Crippen MR) is 106 cm³/mol. The summed E-state index contributed by atoms with van der Waals surface area (Å²) in [7, 11) is -4.42. The molecule has 0 radical (unpaired) electrons. The summed E-state index contributed by atoms with van der Waals surface area (Å²) >= 11 is 6.96. The van der Waals surface area contributed by atoms with E-state index < -0.39 is 29.7 Å². The van der Waals surface area contributed by atoms with Crippen LogP contribution >= 0.6 is 22.9 Å². The van der Waals surface area contributed by atoms with Crippen molar-refractivity contribution >= 4 is 46.7 Å². The van der Waals surface area contributed by atoms with Gasteiger partial charge in [0.2, 0.25) is 10.0 Å². The highest BCUT2D eigenvalue weighted by atomic mass is 35.5. The number of ether oxygens (including phenoxy) is 1. The summed E-state index contributed by atoms with van der Waals surface area (Å²) in [5.74, 6) is 0.190. The second kappa shape index (κ2) is 7.32. The van der Waals surface area contributed by atoms with E-state index in [4.69, 9.17) is 16.3 Å². The molecule has 3 aromatic heterocycles. The van der Waals surface area contributed by atoms with Crippen molar-refractivity contribution in [3.63, 3.8) is 0 Å². The first-order chi connectivity index (χ1) is 13.6. The molecule has 0 spiro atoms. The quantitative estimate of drug-likeness (QED) is 0.522. The van der Waals surface area contributed by atoms with Gasteiger partial charge in [0.25, 0.3) is 6.43 Å². The molecule has 0 unspecified atom stereocenters. The van der Waals surface area contributed by atoms with Gasteiger partial charge < -0.3 is 4.74 Å². The van der Waals surface area contributed by atoms with E-state index in [1.54, 1.807) is 7.11 Å². The Balaban J connectivity index is 1.73. The molecule has 1 aliphatic heterocycles. The largest absolute Gasteiger partial charge is 0.385 e. The Hall–Kier alpha value is -1.51. The highest BCUT2D eigenvalue weighted by molar-refractivity contribution is 7.91. The molecule has 1 saturated heterocycles. The molecule has 2 atom stereocenters. The fourth-order valence-electron chi connectivity index (χ4n) is 3.14. The standard InChI is InChI=1S/C15H16ClF2N5O3S2Si/c1-26-6-9-7-29(9,2)22-28(24,25)8-3-10(16)11-4-19-13(23(11)5-8)15-21-20-14(27-15)12(17)18/h3-5,9,12,22H,6-7H2,1-2H3/t9-,29+/m1/s1. The van der Waals surface area contributed by atoms with Crippen LogP contribution in [0.2, 0.25) is 23.2 Å². The number of halogens is 3. The molecule has 1 aliphatic rings. The molecule has 0 saturated carbocycles. The number of nitrogens with one attached hydrogen (secondary N) is 1. The lowest BCUT2D eigenvalue weighted by atomic mass is 10.4. The van der Waals surface area contributed by atoms with Crippen LogP contribution in [0.5, 0.6) is 0 Å². The maximum absolute atomic E-state index is 13.0. The number of methoxy groups -OCH3 is 1. The molecule has 156 valence electrons. The molecule has 1 N–H and O–H groups in total. The fourth-order valence-corrected chi connectivity index (χ4v) is 11.1.